The van der Waals surface area contributed by atoms with E-state index in [2.05, 4.69) is 0 Å². The number of carbonyl (C=O) groups excluding carboxylic acids is 1. The number of hydrogen-bond acceptors (Lipinski definition) is 10. The van der Waals surface area contributed by atoms with Gasteiger partial charge in [0.2, 0.25) is 0 Å². The van der Waals surface area contributed by atoms with Gasteiger partial charge in [-0.05, 0) is 0 Å². The first-order valence-corrected chi connectivity index (χ1v) is 5.61. The molecule has 22 heavy (non-hydrogen) atoms. The zero-order chi connectivity index (χ0) is 18.0. The quantitative estimate of drug-likeness (QED) is 0.189. The number of rotatable bonds is 8. The van der Waals surface area contributed by atoms with Crippen molar-refractivity contribution in [2.75, 3.05) is 6.61 Å². The maximum absolute atomic E-state index is 9.90. The van der Waals surface area contributed by atoms with Gasteiger partial charge in [0.05, 0.1) is 6.61 Å². The van der Waals surface area contributed by atoms with Crippen molar-refractivity contribution in [1.82, 2.24) is 0 Å². The van der Waals surface area contributed by atoms with Gasteiger partial charge in [0, 0.05) is 0 Å². The number of hydrogen-bond donors (Lipinski definition) is 9. The van der Waals surface area contributed by atoms with E-state index in [0.29, 0.717) is 0 Å². The molecule has 6 atom stereocenters. The molecule has 0 heterocycles. The van der Waals surface area contributed by atoms with Crippen LogP contribution in [0.4, 0.5) is 0 Å². The number of aliphatic hydroxyl groups is 7. The van der Waals surface area contributed by atoms with Crippen molar-refractivity contribution >= 4 is 18.2 Å². The van der Waals surface area contributed by atoms with Gasteiger partial charge in [0.15, 0.2) is 18.5 Å². The van der Waals surface area contributed by atoms with Crippen LogP contribution in [0.1, 0.15) is 0 Å². The standard InChI is InChI=1S/C6H12O6.C4H6O6/c7-1-3(9)5(11)6(12)4(10)2-8;5-1(3(7)8)2(6)4(9)10/h1,3-6,8-12H,2H2;1-2,5-6H,(H,7,8)(H,9,10)/t3-,4-,5-,6-;/m1./s1. The summed E-state index contributed by atoms with van der Waals surface area (Å²) < 4.78 is 0. The van der Waals surface area contributed by atoms with Crippen LogP contribution in [0.25, 0.3) is 0 Å². The summed E-state index contributed by atoms with van der Waals surface area (Å²) in [6.45, 7) is -0.760. The zero-order valence-electron chi connectivity index (χ0n) is 11.0. The topological polar surface area (TPSA) is 233 Å². The molecule has 0 radical (unpaired) electrons. The first kappa shape index (κ1) is 22.6. The van der Waals surface area contributed by atoms with Gasteiger partial charge in [-0.3, -0.25) is 0 Å². The molecule has 0 aromatic heterocycles. The first-order chi connectivity index (χ1) is 10.0. The Hall–Kier alpha value is -1.67. The Morgan fingerprint density at radius 3 is 1.41 bits per heavy atom. The Morgan fingerprint density at radius 2 is 1.18 bits per heavy atom. The summed E-state index contributed by atoms with van der Waals surface area (Å²) >= 11 is 0. The van der Waals surface area contributed by atoms with Crippen molar-refractivity contribution in [3.8, 4) is 0 Å². The molecule has 0 aliphatic carbocycles. The molecule has 0 rings (SSSR count). The normalized spacial score (nSPS) is 18.7. The molecule has 2 unspecified atom stereocenters. The molecular weight excluding hydrogens is 312 g/mol. The van der Waals surface area contributed by atoms with Crippen LogP contribution >= 0.6 is 0 Å². The van der Waals surface area contributed by atoms with Crippen molar-refractivity contribution in [1.29, 1.82) is 0 Å². The van der Waals surface area contributed by atoms with Crippen molar-refractivity contribution in [3.05, 3.63) is 0 Å². The van der Waals surface area contributed by atoms with Gasteiger partial charge >= 0.3 is 11.9 Å². The predicted molar refractivity (Wildman–Crippen MR) is 64.5 cm³/mol. The van der Waals surface area contributed by atoms with Crippen LogP contribution in [0.3, 0.4) is 0 Å². The molecule has 0 aliphatic rings. The van der Waals surface area contributed by atoms with E-state index in [-0.39, 0.29) is 6.29 Å². The summed E-state index contributed by atoms with van der Waals surface area (Å²) in [5.41, 5.74) is 0. The Labute approximate surface area is 123 Å². The van der Waals surface area contributed by atoms with Crippen LogP contribution in [0.5, 0.6) is 0 Å². The van der Waals surface area contributed by atoms with Gasteiger partial charge in [-0.15, -0.1) is 0 Å². The highest BCUT2D eigenvalue weighted by atomic mass is 16.4. The van der Waals surface area contributed by atoms with Crippen molar-refractivity contribution in [2.24, 2.45) is 0 Å². The number of carboxylic acids is 2. The Morgan fingerprint density at radius 1 is 0.818 bits per heavy atom. The molecule has 0 bridgehead atoms. The summed E-state index contributed by atoms with van der Waals surface area (Å²) in [6.07, 6.45) is -11.4. The van der Waals surface area contributed by atoms with Gasteiger partial charge in [-0.1, -0.05) is 0 Å². The largest absolute Gasteiger partial charge is 0.479 e. The fourth-order valence-corrected chi connectivity index (χ4v) is 0.888. The highest BCUT2D eigenvalue weighted by Gasteiger charge is 2.30. The third kappa shape index (κ3) is 7.94. The second-order valence-electron chi connectivity index (χ2n) is 3.92. The van der Waals surface area contributed by atoms with E-state index < -0.39 is 55.2 Å². The van der Waals surface area contributed by atoms with Gasteiger partial charge in [0.1, 0.15) is 24.4 Å². The average Bonchev–Trinajstić information content (AvgIpc) is 2.50. The third-order valence-electron chi connectivity index (χ3n) is 2.23. The average molecular weight is 330 g/mol. The molecule has 0 spiro atoms. The Kier molecular flexibility index (Phi) is 11.3. The molecule has 0 saturated heterocycles. The molecular formula is C10H18O12. The Bertz CT molecular complexity index is 340. The van der Waals surface area contributed by atoms with E-state index in [0.717, 1.165) is 0 Å². The number of aliphatic hydroxyl groups excluding tert-OH is 7. The smallest absolute Gasteiger partial charge is 0.335 e. The van der Waals surface area contributed by atoms with E-state index in [4.69, 9.17) is 46.0 Å². The summed E-state index contributed by atoms with van der Waals surface area (Å²) in [5, 5.41) is 76.1. The monoisotopic (exact) mass is 330 g/mol. The highest BCUT2D eigenvalue weighted by molar-refractivity contribution is 5.83. The number of carbonyl (C=O) groups is 3. The third-order valence-corrected chi connectivity index (χ3v) is 2.23. The van der Waals surface area contributed by atoms with Crippen LogP contribution in [-0.2, 0) is 14.4 Å². The first-order valence-electron chi connectivity index (χ1n) is 5.61. The molecule has 0 amide bonds. The maximum atomic E-state index is 9.90. The molecule has 0 fully saturated rings. The summed E-state index contributed by atoms with van der Waals surface area (Å²) in [6, 6.07) is 0. The molecule has 12 nitrogen and oxygen atoms in total. The van der Waals surface area contributed by atoms with Crippen molar-refractivity contribution in [3.63, 3.8) is 0 Å². The van der Waals surface area contributed by atoms with Crippen LogP contribution in [0, 0.1) is 0 Å². The molecule has 12 heteroatoms. The minimum absolute atomic E-state index is 0.0258. The lowest BCUT2D eigenvalue weighted by atomic mass is 10.0. The predicted octanol–water partition coefficient (Wildman–Crippen LogP) is -5.50. The lowest BCUT2D eigenvalue weighted by Crippen LogP contribution is -2.46. The van der Waals surface area contributed by atoms with E-state index in [1.165, 1.54) is 0 Å². The van der Waals surface area contributed by atoms with Crippen LogP contribution < -0.4 is 0 Å². The van der Waals surface area contributed by atoms with Gasteiger partial charge in [0.25, 0.3) is 0 Å². The second-order valence-corrected chi connectivity index (χ2v) is 3.92. The Balaban J connectivity index is 0. The van der Waals surface area contributed by atoms with Crippen LogP contribution in [0.15, 0.2) is 0 Å². The summed E-state index contributed by atoms with van der Waals surface area (Å²) in [5.74, 6) is -3.54. The van der Waals surface area contributed by atoms with Gasteiger partial charge in [-0.2, -0.15) is 0 Å². The maximum Gasteiger partial charge on any atom is 0.335 e. The molecule has 0 aliphatic heterocycles. The van der Waals surface area contributed by atoms with Crippen LogP contribution in [0.2, 0.25) is 0 Å². The summed E-state index contributed by atoms with van der Waals surface area (Å²) in [7, 11) is 0. The number of carboxylic acid groups (broad SMARTS) is 2. The molecule has 0 saturated carbocycles. The SMILES string of the molecule is O=C(O)C(O)C(O)C(=O)O.O=C[C@@H](O)[C@@H](O)[C@H](O)[C@H](O)CO. The molecule has 0 aromatic carbocycles. The van der Waals surface area contributed by atoms with E-state index in [1.54, 1.807) is 0 Å². The number of aliphatic carboxylic acids is 2. The van der Waals surface area contributed by atoms with E-state index >= 15 is 0 Å². The minimum atomic E-state index is -2.27. The fraction of sp³-hybridized carbons (Fsp3) is 0.700. The van der Waals surface area contributed by atoms with Crippen molar-refractivity contribution in [2.45, 2.75) is 36.6 Å². The molecule has 0 aromatic rings. The lowest BCUT2D eigenvalue weighted by Gasteiger charge is -2.22. The molecule has 9 N–H and O–H groups in total. The minimum Gasteiger partial charge on any atom is -0.479 e. The summed E-state index contributed by atoms with van der Waals surface area (Å²) in [4.78, 5) is 29.4. The highest BCUT2D eigenvalue weighted by Crippen LogP contribution is 2.02. The van der Waals surface area contributed by atoms with E-state index in [9.17, 15) is 14.4 Å². The fourth-order valence-electron chi connectivity index (χ4n) is 0.888. The van der Waals surface area contributed by atoms with Crippen molar-refractivity contribution < 1.29 is 60.3 Å². The lowest BCUT2D eigenvalue weighted by molar-refractivity contribution is -0.165. The van der Waals surface area contributed by atoms with E-state index in [1.807, 2.05) is 0 Å². The zero-order valence-corrected chi connectivity index (χ0v) is 11.0. The number of aldehydes is 1. The molecule has 130 valence electrons. The van der Waals surface area contributed by atoms with Gasteiger partial charge < -0.3 is 50.8 Å². The van der Waals surface area contributed by atoms with Crippen LogP contribution in [-0.4, -0.2) is 107 Å². The second kappa shape index (κ2) is 11.0. The van der Waals surface area contributed by atoms with Gasteiger partial charge in [-0.25, -0.2) is 9.59 Å².